The number of rotatable bonds is 6. The Bertz CT molecular complexity index is 617. The van der Waals surface area contributed by atoms with Crippen LogP contribution in [0.4, 0.5) is 11.4 Å². The maximum atomic E-state index is 11.9. The van der Waals surface area contributed by atoms with Crippen molar-refractivity contribution in [3.8, 4) is 0 Å². The number of anilines is 2. The lowest BCUT2D eigenvalue weighted by atomic mass is 10.0. The standard InChI is InChI=1S/C13H20ClN3O3S/c1-8(2)11(15)7-13(18)16-12-6-9(4-5-10(12)14)17-21(3,19)20/h4-6,8,11,17H,7,15H2,1-3H3,(H,16,18). The Morgan fingerprint density at radius 1 is 1.38 bits per heavy atom. The van der Waals surface area contributed by atoms with E-state index in [2.05, 4.69) is 10.0 Å². The molecule has 0 spiro atoms. The van der Waals surface area contributed by atoms with Crippen molar-refractivity contribution in [3.05, 3.63) is 23.2 Å². The van der Waals surface area contributed by atoms with Crippen LogP contribution < -0.4 is 15.8 Å². The average Bonchev–Trinajstić information content (AvgIpc) is 2.31. The minimum absolute atomic E-state index is 0.164. The molecular formula is C13H20ClN3O3S. The van der Waals surface area contributed by atoms with Crippen LogP contribution in [0.2, 0.25) is 5.02 Å². The van der Waals surface area contributed by atoms with E-state index in [-0.39, 0.29) is 24.3 Å². The van der Waals surface area contributed by atoms with E-state index in [1.165, 1.54) is 18.2 Å². The van der Waals surface area contributed by atoms with Crippen molar-refractivity contribution in [1.82, 2.24) is 0 Å². The van der Waals surface area contributed by atoms with E-state index in [1.54, 1.807) is 0 Å². The second-order valence-electron chi connectivity index (χ2n) is 5.23. The number of amides is 1. The van der Waals surface area contributed by atoms with Crippen LogP contribution in [-0.4, -0.2) is 26.6 Å². The molecule has 0 aliphatic heterocycles. The van der Waals surface area contributed by atoms with E-state index >= 15 is 0 Å². The molecule has 1 aromatic carbocycles. The molecule has 21 heavy (non-hydrogen) atoms. The van der Waals surface area contributed by atoms with Crippen LogP contribution in [0.1, 0.15) is 20.3 Å². The maximum Gasteiger partial charge on any atom is 0.229 e. The van der Waals surface area contributed by atoms with Gasteiger partial charge >= 0.3 is 0 Å². The zero-order valence-electron chi connectivity index (χ0n) is 12.2. The molecule has 0 fully saturated rings. The van der Waals surface area contributed by atoms with Crippen LogP contribution in [0.25, 0.3) is 0 Å². The molecule has 0 bridgehead atoms. The van der Waals surface area contributed by atoms with Gasteiger partial charge in [0.15, 0.2) is 0 Å². The van der Waals surface area contributed by atoms with E-state index in [0.717, 1.165) is 6.26 Å². The third kappa shape index (κ3) is 6.33. The van der Waals surface area contributed by atoms with Gasteiger partial charge in [0.1, 0.15) is 0 Å². The van der Waals surface area contributed by atoms with Crippen molar-refractivity contribution in [3.63, 3.8) is 0 Å². The summed E-state index contributed by atoms with van der Waals surface area (Å²) in [5, 5.41) is 2.96. The van der Waals surface area contributed by atoms with Crippen molar-refractivity contribution in [2.75, 3.05) is 16.3 Å². The highest BCUT2D eigenvalue weighted by molar-refractivity contribution is 7.92. The Balaban J connectivity index is 2.83. The van der Waals surface area contributed by atoms with Gasteiger partial charge in [-0.2, -0.15) is 0 Å². The highest BCUT2D eigenvalue weighted by Crippen LogP contribution is 2.26. The quantitative estimate of drug-likeness (QED) is 0.741. The smallest absolute Gasteiger partial charge is 0.229 e. The first-order chi connectivity index (χ1) is 9.58. The zero-order valence-corrected chi connectivity index (χ0v) is 13.8. The van der Waals surface area contributed by atoms with Gasteiger partial charge < -0.3 is 11.1 Å². The first-order valence-electron chi connectivity index (χ1n) is 6.41. The van der Waals surface area contributed by atoms with Crippen molar-refractivity contribution in [2.24, 2.45) is 11.7 Å². The van der Waals surface area contributed by atoms with Gasteiger partial charge in [0.25, 0.3) is 0 Å². The van der Waals surface area contributed by atoms with E-state index in [0.29, 0.717) is 16.4 Å². The summed E-state index contributed by atoms with van der Waals surface area (Å²) in [4.78, 5) is 11.9. The van der Waals surface area contributed by atoms with Crippen LogP contribution in [0.5, 0.6) is 0 Å². The van der Waals surface area contributed by atoms with Crippen molar-refractivity contribution >= 4 is 38.9 Å². The van der Waals surface area contributed by atoms with Gasteiger partial charge in [-0.05, 0) is 24.1 Å². The lowest BCUT2D eigenvalue weighted by Crippen LogP contribution is -2.31. The molecule has 1 unspecified atom stereocenters. The Morgan fingerprint density at radius 3 is 2.52 bits per heavy atom. The first-order valence-corrected chi connectivity index (χ1v) is 8.68. The summed E-state index contributed by atoms with van der Waals surface area (Å²) in [5.41, 5.74) is 6.50. The largest absolute Gasteiger partial charge is 0.327 e. The maximum absolute atomic E-state index is 11.9. The van der Waals surface area contributed by atoms with Crippen molar-refractivity contribution < 1.29 is 13.2 Å². The second-order valence-corrected chi connectivity index (χ2v) is 7.38. The summed E-state index contributed by atoms with van der Waals surface area (Å²) in [6.45, 7) is 3.86. The topological polar surface area (TPSA) is 101 Å². The van der Waals surface area contributed by atoms with Gasteiger partial charge in [-0.1, -0.05) is 25.4 Å². The van der Waals surface area contributed by atoms with Crippen LogP contribution in [-0.2, 0) is 14.8 Å². The summed E-state index contributed by atoms with van der Waals surface area (Å²) in [6.07, 6.45) is 1.21. The molecule has 1 amide bonds. The van der Waals surface area contributed by atoms with Gasteiger partial charge in [0.2, 0.25) is 15.9 Å². The average molecular weight is 334 g/mol. The van der Waals surface area contributed by atoms with Crippen LogP contribution in [0, 0.1) is 5.92 Å². The Labute approximate surface area is 130 Å². The number of nitrogens with one attached hydrogen (secondary N) is 2. The molecule has 1 rings (SSSR count). The fraction of sp³-hybridized carbons (Fsp3) is 0.462. The molecule has 1 aromatic rings. The number of sulfonamides is 1. The van der Waals surface area contributed by atoms with Gasteiger partial charge in [0.05, 0.1) is 22.7 Å². The first kappa shape index (κ1) is 17.7. The van der Waals surface area contributed by atoms with Crippen molar-refractivity contribution in [1.29, 1.82) is 0 Å². The Hall–Kier alpha value is -1.31. The Morgan fingerprint density at radius 2 is 2.00 bits per heavy atom. The van der Waals surface area contributed by atoms with E-state index < -0.39 is 10.0 Å². The number of halogens is 1. The van der Waals surface area contributed by atoms with Crippen LogP contribution in [0.15, 0.2) is 18.2 Å². The molecule has 0 radical (unpaired) electrons. The number of carbonyl (C=O) groups is 1. The molecule has 118 valence electrons. The predicted octanol–water partition coefficient (Wildman–Crippen LogP) is 2.02. The molecule has 0 saturated heterocycles. The highest BCUT2D eigenvalue weighted by Gasteiger charge is 2.14. The predicted molar refractivity (Wildman–Crippen MR) is 86.0 cm³/mol. The molecule has 8 heteroatoms. The fourth-order valence-corrected chi connectivity index (χ4v) is 2.27. The monoisotopic (exact) mass is 333 g/mol. The third-order valence-corrected chi connectivity index (χ3v) is 3.76. The highest BCUT2D eigenvalue weighted by atomic mass is 35.5. The lowest BCUT2D eigenvalue weighted by Gasteiger charge is -2.16. The number of carbonyl (C=O) groups excluding carboxylic acids is 1. The molecular weight excluding hydrogens is 314 g/mol. The minimum atomic E-state index is -3.39. The van der Waals surface area contributed by atoms with E-state index in [1.807, 2.05) is 13.8 Å². The summed E-state index contributed by atoms with van der Waals surface area (Å²) >= 11 is 5.99. The van der Waals surface area contributed by atoms with Crippen LogP contribution in [0.3, 0.4) is 0 Å². The molecule has 0 aromatic heterocycles. The van der Waals surface area contributed by atoms with Crippen LogP contribution >= 0.6 is 11.6 Å². The lowest BCUT2D eigenvalue weighted by molar-refractivity contribution is -0.116. The normalized spacial score (nSPS) is 13.0. The number of benzene rings is 1. The molecule has 0 aliphatic rings. The number of nitrogens with two attached hydrogens (primary N) is 1. The van der Waals surface area contributed by atoms with Crippen molar-refractivity contribution in [2.45, 2.75) is 26.3 Å². The molecule has 4 N–H and O–H groups in total. The van der Waals surface area contributed by atoms with Gasteiger partial charge in [-0.25, -0.2) is 8.42 Å². The summed E-state index contributed by atoms with van der Waals surface area (Å²) in [6, 6.07) is 4.23. The van der Waals surface area contributed by atoms with Gasteiger partial charge in [0, 0.05) is 12.5 Å². The number of hydrogen-bond acceptors (Lipinski definition) is 4. The number of hydrogen-bond donors (Lipinski definition) is 3. The summed E-state index contributed by atoms with van der Waals surface area (Å²) < 4.78 is 24.7. The van der Waals surface area contributed by atoms with Gasteiger partial charge in [-0.15, -0.1) is 0 Å². The second kappa shape index (κ2) is 7.11. The van der Waals surface area contributed by atoms with E-state index in [4.69, 9.17) is 17.3 Å². The third-order valence-electron chi connectivity index (χ3n) is 2.82. The Kier molecular flexibility index (Phi) is 6.00. The minimum Gasteiger partial charge on any atom is -0.327 e. The van der Waals surface area contributed by atoms with E-state index in [9.17, 15) is 13.2 Å². The molecule has 0 saturated carbocycles. The molecule has 0 aliphatic carbocycles. The fourth-order valence-electron chi connectivity index (χ4n) is 1.55. The van der Waals surface area contributed by atoms with Gasteiger partial charge in [-0.3, -0.25) is 9.52 Å². The molecule has 0 heterocycles. The zero-order chi connectivity index (χ0) is 16.2. The SMILES string of the molecule is CC(C)C(N)CC(=O)Nc1cc(NS(C)(=O)=O)ccc1Cl. The summed E-state index contributed by atoms with van der Waals surface area (Å²) in [5.74, 6) is -0.0842. The summed E-state index contributed by atoms with van der Waals surface area (Å²) in [7, 11) is -3.39. The molecule has 1 atom stereocenters. The molecule has 6 nitrogen and oxygen atoms in total.